The van der Waals surface area contributed by atoms with E-state index < -0.39 is 62.1 Å². The Hall–Kier alpha value is 0.405. The quantitative estimate of drug-likeness (QED) is 0.329. The average Bonchev–Trinajstić information content (AvgIpc) is 2.60. The van der Waals surface area contributed by atoms with Crippen molar-refractivity contribution >= 4 is 62.1 Å². The molecule has 0 fully saturated rings. The number of nitrogens with zero attached hydrogens (tertiary/aromatic N) is 2. The van der Waals surface area contributed by atoms with Crippen LogP contribution in [0.4, 0.5) is 0 Å². The molecule has 0 N–H and O–H groups in total. The van der Waals surface area contributed by atoms with Crippen LogP contribution < -0.4 is 0 Å². The fourth-order valence-corrected chi connectivity index (χ4v) is 59.9. The molecule has 30 heavy (non-hydrogen) atoms. The molecule has 0 aromatic carbocycles. The molecular weight excluding hydrogens is 580 g/mol. The zero-order valence-electron chi connectivity index (χ0n) is 21.0. The Bertz CT molecular complexity index is 814. The van der Waals surface area contributed by atoms with E-state index >= 15 is 0 Å². The number of pyridine rings is 2. The van der Waals surface area contributed by atoms with Crippen molar-refractivity contribution in [2.45, 2.75) is 74.0 Å². The van der Waals surface area contributed by atoms with Crippen molar-refractivity contribution in [2.75, 3.05) is 0 Å². The minimum atomic E-state index is -1.63. The van der Waals surface area contributed by atoms with Crippen LogP contribution in [0.3, 0.4) is 0 Å². The first kappa shape index (κ1) is 26.7. The number of hydrogen-bond acceptors (Lipinski definition) is 2. The van der Waals surface area contributed by atoms with Crippen LogP contribution in [0.25, 0.3) is 0 Å². The van der Waals surface area contributed by atoms with Crippen molar-refractivity contribution in [1.82, 2.24) is 9.97 Å². The molecule has 0 aliphatic carbocycles. The van der Waals surface area contributed by atoms with Crippen LogP contribution in [0.1, 0.15) is 11.4 Å². The van der Waals surface area contributed by atoms with Gasteiger partial charge in [-0.15, -0.1) is 0 Å². The monoisotopic (exact) mass is 619 g/mol. The molecule has 2 aromatic heterocycles. The number of aromatic nitrogens is 2. The van der Waals surface area contributed by atoms with Gasteiger partial charge in [0.15, 0.2) is 0 Å². The van der Waals surface area contributed by atoms with Crippen LogP contribution in [0.5, 0.6) is 0 Å². The maximum atomic E-state index is 5.13. The first-order chi connectivity index (χ1) is 13.6. The molecule has 0 saturated heterocycles. The first-order valence-corrected chi connectivity index (χ1v) is 30.3. The third kappa shape index (κ3) is 4.70. The molecule has 0 bridgehead atoms. The second kappa shape index (κ2) is 9.34. The van der Waals surface area contributed by atoms with Gasteiger partial charge in [0.1, 0.15) is 0 Å². The molecule has 0 amide bonds. The van der Waals surface area contributed by atoms with Crippen molar-refractivity contribution in [2.24, 2.45) is 0 Å². The van der Waals surface area contributed by atoms with E-state index in [1.807, 2.05) is 6.20 Å². The van der Waals surface area contributed by atoms with Crippen molar-refractivity contribution in [3.8, 4) is 0 Å². The van der Waals surface area contributed by atoms with E-state index in [9.17, 15) is 0 Å². The van der Waals surface area contributed by atoms with Crippen LogP contribution >= 0.6 is 0 Å². The summed E-state index contributed by atoms with van der Waals surface area (Å²) in [6.07, 6.45) is 4.10. The maximum absolute atomic E-state index is 5.13. The molecule has 0 spiro atoms. The van der Waals surface area contributed by atoms with Crippen molar-refractivity contribution in [3.05, 3.63) is 60.2 Å². The second-order valence-electron chi connectivity index (χ2n) is 11.9. The summed E-state index contributed by atoms with van der Waals surface area (Å²) in [5.41, 5.74) is 8.20. The predicted molar refractivity (Wildman–Crippen MR) is 145 cm³/mol. The van der Waals surface area contributed by atoms with Crippen molar-refractivity contribution in [3.63, 3.8) is 0 Å². The molecule has 2 aromatic rings. The molecule has 0 aliphatic rings. The van der Waals surface area contributed by atoms with Gasteiger partial charge in [0.2, 0.25) is 0 Å². The molecule has 0 aliphatic heterocycles. The second-order valence-corrected chi connectivity index (χ2v) is 47.4. The third-order valence-electron chi connectivity index (χ3n) is 6.58. The molecule has 163 valence electrons. The Kier molecular flexibility index (Phi) is 8.30. The normalized spacial score (nSPS) is 15.6. The summed E-state index contributed by atoms with van der Waals surface area (Å²) in [6.45, 7) is 23.7. The number of rotatable bonds is 8. The fraction of sp³-hybridized carbons (Fsp3) is 0.565. The van der Waals surface area contributed by atoms with Crippen LogP contribution in [-0.4, -0.2) is 72.0 Å². The van der Waals surface area contributed by atoms with Gasteiger partial charge in [-0.2, -0.15) is 0 Å². The van der Waals surface area contributed by atoms with Gasteiger partial charge in [-0.3, -0.25) is 0 Å². The van der Waals surface area contributed by atoms with E-state index in [0.29, 0.717) is 4.15 Å². The molecule has 1 unspecified atom stereocenters. The molecular formula is C23H41GaN2SbSi3. The molecule has 2 rings (SSSR count). The summed E-state index contributed by atoms with van der Waals surface area (Å²) in [4.78, 5) is 10.2. The average molecular weight is 621 g/mol. The minimum absolute atomic E-state index is 0.353. The number of hydrogen-bond donors (Lipinski definition) is 0. The van der Waals surface area contributed by atoms with Crippen LogP contribution in [-0.2, 0) is 4.15 Å². The summed E-state index contributed by atoms with van der Waals surface area (Å²) >= 11 is -2.37. The molecule has 2 heterocycles. The summed E-state index contributed by atoms with van der Waals surface area (Å²) in [7, 11) is -4.72. The van der Waals surface area contributed by atoms with Crippen LogP contribution in [0, 0.1) is 0 Å². The molecule has 1 radical (unpaired) electrons. The Labute approximate surface area is 204 Å². The first-order valence-electron chi connectivity index (χ1n) is 11.2. The van der Waals surface area contributed by atoms with E-state index in [2.05, 4.69) is 112 Å². The Morgan fingerprint density at radius 2 is 1.10 bits per heavy atom. The summed E-state index contributed by atoms with van der Waals surface area (Å²) in [5.74, 6) is 0. The van der Waals surface area contributed by atoms with Gasteiger partial charge >= 0.3 is 206 Å². The van der Waals surface area contributed by atoms with E-state index in [0.717, 1.165) is 0 Å². The van der Waals surface area contributed by atoms with E-state index in [4.69, 9.17) is 9.97 Å². The summed E-state index contributed by atoms with van der Waals surface area (Å²) in [6, 6.07) is 13.4. The van der Waals surface area contributed by atoms with Gasteiger partial charge < -0.3 is 0 Å². The standard InChI is InChI=1S/C12H22NSi2.C9H13NSi.2CH3.Ga.Sb/c1-14(2,3)12(15(4,5)6)11-9-7-8-10-13-11;1-11(2,3)8-9-6-4-5-7-10-9;;;;/h7-10H,1-6H3;4-7H,1-3H3;2*1H3;;. The van der Waals surface area contributed by atoms with E-state index in [-0.39, 0.29) is 0 Å². The molecule has 2 nitrogen and oxygen atoms in total. The Morgan fingerprint density at radius 3 is 1.40 bits per heavy atom. The van der Waals surface area contributed by atoms with Gasteiger partial charge in [0.05, 0.1) is 0 Å². The summed E-state index contributed by atoms with van der Waals surface area (Å²) < 4.78 is 0.780. The zero-order valence-corrected chi connectivity index (χ0v) is 29.0. The Morgan fingerprint density at radius 1 is 0.667 bits per heavy atom. The third-order valence-corrected chi connectivity index (χ3v) is 63.3. The van der Waals surface area contributed by atoms with Gasteiger partial charge in [-0.05, 0) is 0 Å². The van der Waals surface area contributed by atoms with Crippen LogP contribution in [0.2, 0.25) is 69.9 Å². The predicted octanol–water partition coefficient (Wildman–Crippen LogP) is 6.20. The van der Waals surface area contributed by atoms with Crippen molar-refractivity contribution < 1.29 is 0 Å². The molecule has 7 heteroatoms. The Balaban J connectivity index is 2.97. The SMILES string of the molecule is [CH3][Ga]([CH3])[C]([Sb][C](c1ccccn1)([Si](C)(C)C)[Si](C)(C)C)(c1ccccn1)[Si](C)(C)C. The van der Waals surface area contributed by atoms with Gasteiger partial charge in [-0.25, -0.2) is 0 Å². The summed E-state index contributed by atoms with van der Waals surface area (Å²) in [5, 5.41) is 0. The van der Waals surface area contributed by atoms with E-state index in [1.54, 1.807) is 0 Å². The van der Waals surface area contributed by atoms with E-state index in [1.165, 1.54) is 11.4 Å². The van der Waals surface area contributed by atoms with Crippen molar-refractivity contribution in [1.29, 1.82) is 0 Å². The van der Waals surface area contributed by atoms with Gasteiger partial charge in [0, 0.05) is 0 Å². The van der Waals surface area contributed by atoms with Gasteiger partial charge in [0.25, 0.3) is 0 Å². The van der Waals surface area contributed by atoms with Gasteiger partial charge in [-0.1, -0.05) is 0 Å². The molecule has 1 atom stereocenters. The fourth-order valence-electron chi connectivity index (χ4n) is 5.62. The molecule has 0 saturated carbocycles. The topological polar surface area (TPSA) is 25.8 Å². The van der Waals surface area contributed by atoms with Crippen LogP contribution in [0.15, 0.2) is 48.8 Å². The zero-order chi connectivity index (χ0) is 23.0.